The minimum atomic E-state index is -3.51. The Morgan fingerprint density at radius 3 is 2.14 bits per heavy atom. The van der Waals surface area contributed by atoms with Crippen molar-refractivity contribution in [1.82, 2.24) is 4.31 Å². The molecule has 22 heavy (non-hydrogen) atoms. The molecule has 0 saturated carbocycles. The van der Waals surface area contributed by atoms with E-state index < -0.39 is 10.0 Å². The number of hydrogen-bond donors (Lipinski definition) is 0. The molecule has 0 aliphatic carbocycles. The highest BCUT2D eigenvalue weighted by molar-refractivity contribution is 7.98. The Morgan fingerprint density at radius 1 is 1.05 bits per heavy atom. The summed E-state index contributed by atoms with van der Waals surface area (Å²) in [5.74, 6) is 0.634. The van der Waals surface area contributed by atoms with Crippen LogP contribution >= 0.6 is 11.8 Å². The maximum Gasteiger partial charge on any atom is 0.243 e. The summed E-state index contributed by atoms with van der Waals surface area (Å²) >= 11 is 1.66. The number of nitrogens with zero attached hydrogens (tertiary/aromatic N) is 1. The zero-order valence-electron chi connectivity index (χ0n) is 12.8. The molecule has 0 bridgehead atoms. The van der Waals surface area contributed by atoms with Crippen LogP contribution in [0.15, 0.2) is 58.3 Å². The molecule has 0 fully saturated rings. The first kappa shape index (κ1) is 16.9. The van der Waals surface area contributed by atoms with Gasteiger partial charge in [0.1, 0.15) is 5.75 Å². The van der Waals surface area contributed by atoms with Gasteiger partial charge in [0.05, 0.1) is 12.0 Å². The summed E-state index contributed by atoms with van der Waals surface area (Å²) in [7, 11) is -0.370. The van der Waals surface area contributed by atoms with Crippen LogP contribution in [0.3, 0.4) is 0 Å². The second-order valence-electron chi connectivity index (χ2n) is 4.78. The van der Waals surface area contributed by atoms with Crippen LogP contribution in [0.1, 0.15) is 5.56 Å². The molecule has 0 amide bonds. The lowest BCUT2D eigenvalue weighted by atomic mass is 10.2. The Morgan fingerprint density at radius 2 is 1.64 bits per heavy atom. The minimum Gasteiger partial charge on any atom is -0.497 e. The van der Waals surface area contributed by atoms with Gasteiger partial charge < -0.3 is 4.74 Å². The Bertz CT molecular complexity index is 710. The van der Waals surface area contributed by atoms with Gasteiger partial charge in [-0.25, -0.2) is 8.42 Å². The second kappa shape index (κ2) is 7.17. The smallest absolute Gasteiger partial charge is 0.243 e. The van der Waals surface area contributed by atoms with E-state index in [9.17, 15) is 8.42 Å². The summed E-state index contributed by atoms with van der Waals surface area (Å²) in [5.41, 5.74) is 0.956. The van der Waals surface area contributed by atoms with Crippen LogP contribution in [0.2, 0.25) is 0 Å². The fourth-order valence-electron chi connectivity index (χ4n) is 2.00. The van der Waals surface area contributed by atoms with E-state index in [0.29, 0.717) is 12.3 Å². The van der Waals surface area contributed by atoms with Crippen LogP contribution in [0.5, 0.6) is 5.75 Å². The first-order chi connectivity index (χ1) is 10.5. The van der Waals surface area contributed by atoms with Crippen molar-refractivity contribution in [2.24, 2.45) is 0 Å². The lowest BCUT2D eigenvalue weighted by molar-refractivity contribution is 0.414. The van der Waals surface area contributed by atoms with E-state index in [4.69, 9.17) is 4.74 Å². The van der Waals surface area contributed by atoms with Crippen LogP contribution < -0.4 is 4.74 Å². The van der Waals surface area contributed by atoms with Gasteiger partial charge >= 0.3 is 0 Å². The van der Waals surface area contributed by atoms with Crippen molar-refractivity contribution in [2.75, 3.05) is 20.4 Å². The van der Waals surface area contributed by atoms with E-state index in [1.807, 2.05) is 30.5 Å². The van der Waals surface area contributed by atoms with Gasteiger partial charge in [-0.05, 0) is 48.2 Å². The highest BCUT2D eigenvalue weighted by atomic mass is 32.2. The first-order valence-corrected chi connectivity index (χ1v) is 9.37. The van der Waals surface area contributed by atoms with E-state index in [1.165, 1.54) is 4.31 Å². The average molecular weight is 337 g/mol. The molecule has 0 radical (unpaired) electrons. The molecule has 2 aromatic rings. The van der Waals surface area contributed by atoms with Crippen LogP contribution in [-0.2, 0) is 16.6 Å². The zero-order chi connectivity index (χ0) is 16.2. The van der Waals surface area contributed by atoms with E-state index in [2.05, 4.69) is 0 Å². The summed E-state index contributed by atoms with van der Waals surface area (Å²) in [4.78, 5) is 1.42. The fourth-order valence-corrected chi connectivity index (χ4v) is 3.57. The molecule has 0 saturated heterocycles. The van der Waals surface area contributed by atoms with Crippen molar-refractivity contribution >= 4 is 21.8 Å². The van der Waals surface area contributed by atoms with Crippen molar-refractivity contribution in [3.8, 4) is 5.75 Å². The Labute approximate surface area is 136 Å². The molecule has 0 heterocycles. The van der Waals surface area contributed by atoms with Crippen molar-refractivity contribution in [2.45, 2.75) is 16.3 Å². The highest BCUT2D eigenvalue weighted by Gasteiger charge is 2.20. The van der Waals surface area contributed by atoms with Crippen molar-refractivity contribution in [1.29, 1.82) is 0 Å². The van der Waals surface area contributed by atoms with Gasteiger partial charge in [-0.2, -0.15) is 4.31 Å². The highest BCUT2D eigenvalue weighted by Crippen LogP contribution is 2.21. The van der Waals surface area contributed by atoms with Gasteiger partial charge in [-0.3, -0.25) is 0 Å². The summed E-state index contributed by atoms with van der Waals surface area (Å²) in [6.07, 6.45) is 2.01. The topological polar surface area (TPSA) is 46.6 Å². The third-order valence-corrected chi connectivity index (χ3v) is 5.89. The van der Waals surface area contributed by atoms with E-state index in [1.54, 1.807) is 50.2 Å². The molecule has 0 aromatic heterocycles. The van der Waals surface area contributed by atoms with Gasteiger partial charge in [-0.15, -0.1) is 11.8 Å². The molecule has 0 spiro atoms. The van der Waals surface area contributed by atoms with Crippen LogP contribution in [0, 0.1) is 0 Å². The Hall–Kier alpha value is -1.50. The van der Waals surface area contributed by atoms with Crippen LogP contribution in [-0.4, -0.2) is 33.1 Å². The van der Waals surface area contributed by atoms with Gasteiger partial charge in [0.15, 0.2) is 0 Å². The lowest BCUT2D eigenvalue weighted by Crippen LogP contribution is -2.26. The molecule has 0 aliphatic heterocycles. The molecule has 2 aromatic carbocycles. The van der Waals surface area contributed by atoms with Crippen molar-refractivity contribution in [3.63, 3.8) is 0 Å². The number of methoxy groups -OCH3 is 1. The second-order valence-corrected chi connectivity index (χ2v) is 7.71. The monoisotopic (exact) mass is 337 g/mol. The summed E-state index contributed by atoms with van der Waals surface area (Å²) in [5, 5.41) is 0. The fraction of sp³-hybridized carbons (Fsp3) is 0.250. The maximum atomic E-state index is 12.5. The molecule has 0 aliphatic rings. The number of thioether (sulfide) groups is 1. The Balaban J connectivity index is 2.16. The summed E-state index contributed by atoms with van der Waals surface area (Å²) in [6.45, 7) is 0.336. The molecule has 4 nitrogen and oxygen atoms in total. The third kappa shape index (κ3) is 3.82. The molecule has 6 heteroatoms. The van der Waals surface area contributed by atoms with Crippen LogP contribution in [0.25, 0.3) is 0 Å². The number of rotatable bonds is 6. The first-order valence-electron chi connectivity index (χ1n) is 6.70. The quantitative estimate of drug-likeness (QED) is 0.759. The standard InChI is InChI=1S/C16H19NO3S2/c1-17(12-13-4-8-15(21-3)9-5-13)22(18,19)16-10-6-14(20-2)7-11-16/h4-11H,12H2,1-3H3. The van der Waals surface area contributed by atoms with Crippen molar-refractivity contribution in [3.05, 3.63) is 54.1 Å². The van der Waals surface area contributed by atoms with Crippen molar-refractivity contribution < 1.29 is 13.2 Å². The number of benzene rings is 2. The van der Waals surface area contributed by atoms with Gasteiger partial charge in [0.25, 0.3) is 0 Å². The van der Waals surface area contributed by atoms with E-state index >= 15 is 0 Å². The molecule has 0 N–H and O–H groups in total. The third-order valence-electron chi connectivity index (χ3n) is 3.33. The van der Waals surface area contributed by atoms with Gasteiger partial charge in [0.2, 0.25) is 10.0 Å². The number of ether oxygens (including phenoxy) is 1. The number of hydrogen-bond acceptors (Lipinski definition) is 4. The zero-order valence-corrected chi connectivity index (χ0v) is 14.4. The Kier molecular flexibility index (Phi) is 5.50. The van der Waals surface area contributed by atoms with Crippen LogP contribution in [0.4, 0.5) is 0 Å². The largest absolute Gasteiger partial charge is 0.497 e. The molecule has 0 atom stereocenters. The van der Waals surface area contributed by atoms with Gasteiger partial charge in [0, 0.05) is 18.5 Å². The normalized spacial score (nSPS) is 11.6. The summed E-state index contributed by atoms with van der Waals surface area (Å²) in [6, 6.07) is 14.3. The maximum absolute atomic E-state index is 12.5. The molecular formula is C16H19NO3S2. The lowest BCUT2D eigenvalue weighted by Gasteiger charge is -2.17. The molecule has 0 unspecified atom stereocenters. The van der Waals surface area contributed by atoms with E-state index in [0.717, 1.165) is 10.5 Å². The number of sulfonamides is 1. The molecule has 2 rings (SSSR count). The SMILES string of the molecule is COc1ccc(S(=O)(=O)N(C)Cc2ccc(SC)cc2)cc1. The molecular weight excluding hydrogens is 318 g/mol. The predicted octanol–water partition coefficient (Wildman–Crippen LogP) is 3.24. The average Bonchev–Trinajstić information content (AvgIpc) is 2.55. The van der Waals surface area contributed by atoms with E-state index in [-0.39, 0.29) is 4.90 Å². The minimum absolute atomic E-state index is 0.261. The van der Waals surface area contributed by atoms with Gasteiger partial charge in [-0.1, -0.05) is 12.1 Å². The predicted molar refractivity (Wildman–Crippen MR) is 89.9 cm³/mol. The summed E-state index contributed by atoms with van der Waals surface area (Å²) < 4.78 is 31.5. The molecule has 118 valence electrons.